The highest BCUT2D eigenvalue weighted by Crippen LogP contribution is 2.31. The standard InChI is InChI=1S/C26H30FN3.C4H4O4/c27-22-13-10-20(11-14-22)24-15-12-21-6-4-5-9-25(21)28-26(24)30-18-16-29(17-19-30)23-7-2-1-3-8-23;5-3(6)1-2-4(7)8/h4-6,9-11,13-15,23H,1-3,7-8,12,16-19H2;1-2H,(H,5,6)(H,7,8)/b;2-1+. The fourth-order valence-corrected chi connectivity index (χ4v) is 5.28. The highest BCUT2D eigenvalue weighted by atomic mass is 19.1. The number of aliphatic imine (C=N–C) groups is 1. The summed E-state index contributed by atoms with van der Waals surface area (Å²) in [7, 11) is 0. The summed E-state index contributed by atoms with van der Waals surface area (Å²) in [6.45, 7) is 4.19. The fraction of sp³-hybridized carbons (Fsp3) is 0.367. The number of carboxylic acids is 2. The Labute approximate surface area is 222 Å². The molecule has 0 unspecified atom stereocenters. The molecule has 2 N–H and O–H groups in total. The molecule has 1 aliphatic carbocycles. The Morgan fingerprint density at radius 1 is 0.868 bits per heavy atom. The van der Waals surface area contributed by atoms with Gasteiger partial charge in [-0.1, -0.05) is 55.7 Å². The van der Waals surface area contributed by atoms with Crippen LogP contribution in [0.3, 0.4) is 0 Å². The molecule has 2 fully saturated rings. The molecule has 8 heteroatoms. The van der Waals surface area contributed by atoms with Crippen molar-refractivity contribution in [1.29, 1.82) is 0 Å². The van der Waals surface area contributed by atoms with E-state index in [9.17, 15) is 14.0 Å². The van der Waals surface area contributed by atoms with E-state index in [4.69, 9.17) is 15.2 Å². The predicted molar refractivity (Wildman–Crippen MR) is 146 cm³/mol. The molecule has 200 valence electrons. The number of fused-ring (bicyclic) bond motifs is 1. The Kier molecular flexibility index (Phi) is 9.43. The van der Waals surface area contributed by atoms with Crippen molar-refractivity contribution in [2.45, 2.75) is 44.6 Å². The fourth-order valence-electron chi connectivity index (χ4n) is 5.28. The summed E-state index contributed by atoms with van der Waals surface area (Å²) in [5, 5.41) is 15.6. The summed E-state index contributed by atoms with van der Waals surface area (Å²) in [6, 6.07) is 16.0. The maximum atomic E-state index is 13.6. The second-order valence-electron chi connectivity index (χ2n) is 9.72. The summed E-state index contributed by atoms with van der Waals surface area (Å²) in [4.78, 5) is 29.4. The molecule has 0 spiro atoms. The lowest BCUT2D eigenvalue weighted by Gasteiger charge is -2.42. The van der Waals surface area contributed by atoms with Gasteiger partial charge in [0.15, 0.2) is 0 Å². The van der Waals surface area contributed by atoms with Crippen LogP contribution in [0.15, 0.2) is 71.8 Å². The van der Waals surface area contributed by atoms with E-state index in [0.717, 1.165) is 61.3 Å². The van der Waals surface area contributed by atoms with E-state index in [-0.39, 0.29) is 5.82 Å². The van der Waals surface area contributed by atoms with Crippen LogP contribution in [-0.2, 0) is 16.0 Å². The zero-order valence-electron chi connectivity index (χ0n) is 21.4. The number of allylic oxidation sites excluding steroid dienone is 1. The van der Waals surface area contributed by atoms with Gasteiger partial charge in [-0.05, 0) is 48.6 Å². The number of hydrogen-bond donors (Lipinski definition) is 2. The molecule has 5 rings (SSSR count). The summed E-state index contributed by atoms with van der Waals surface area (Å²) < 4.78 is 13.6. The van der Waals surface area contributed by atoms with Gasteiger partial charge in [0, 0.05) is 49.9 Å². The molecule has 38 heavy (non-hydrogen) atoms. The van der Waals surface area contributed by atoms with Crippen molar-refractivity contribution >= 4 is 29.0 Å². The third-order valence-corrected chi connectivity index (χ3v) is 7.21. The van der Waals surface area contributed by atoms with E-state index in [0.29, 0.717) is 12.2 Å². The zero-order chi connectivity index (χ0) is 26.9. The normalized spacial score (nSPS) is 18.5. The van der Waals surface area contributed by atoms with Crippen LogP contribution in [-0.4, -0.2) is 70.0 Å². The van der Waals surface area contributed by atoms with Crippen LogP contribution in [0.4, 0.5) is 10.1 Å². The number of para-hydroxylation sites is 1. The topological polar surface area (TPSA) is 93.4 Å². The predicted octanol–water partition coefficient (Wildman–Crippen LogP) is 5.16. The number of piperazine rings is 1. The van der Waals surface area contributed by atoms with Crippen molar-refractivity contribution in [2.75, 3.05) is 26.2 Å². The SMILES string of the molecule is Fc1ccc(C2=CCc3ccccc3N=C2N2CCN(C3CCCCC3)CC2)cc1.O=C(O)/C=C/C(=O)O. The van der Waals surface area contributed by atoms with Crippen molar-refractivity contribution in [3.63, 3.8) is 0 Å². The first kappa shape index (κ1) is 27.3. The van der Waals surface area contributed by atoms with Gasteiger partial charge in [0.25, 0.3) is 0 Å². The lowest BCUT2D eigenvalue weighted by atomic mass is 9.93. The number of rotatable bonds is 4. The molecular weight excluding hydrogens is 485 g/mol. The van der Waals surface area contributed by atoms with Gasteiger partial charge in [-0.2, -0.15) is 0 Å². The summed E-state index contributed by atoms with van der Waals surface area (Å²) in [5.41, 5.74) is 4.46. The molecule has 2 heterocycles. The second kappa shape index (κ2) is 13.1. The van der Waals surface area contributed by atoms with Crippen LogP contribution in [0.2, 0.25) is 0 Å². The molecule has 1 saturated carbocycles. The molecule has 0 aromatic heterocycles. The Morgan fingerprint density at radius 3 is 2.13 bits per heavy atom. The number of amidine groups is 1. The summed E-state index contributed by atoms with van der Waals surface area (Å²) in [6.07, 6.45) is 11.1. The highest BCUT2D eigenvalue weighted by Gasteiger charge is 2.28. The van der Waals surface area contributed by atoms with Crippen LogP contribution >= 0.6 is 0 Å². The van der Waals surface area contributed by atoms with Gasteiger partial charge in [-0.25, -0.2) is 19.0 Å². The van der Waals surface area contributed by atoms with Crippen LogP contribution in [0.1, 0.15) is 43.2 Å². The maximum absolute atomic E-state index is 13.6. The van der Waals surface area contributed by atoms with E-state index in [1.165, 1.54) is 37.7 Å². The molecule has 7 nitrogen and oxygen atoms in total. The van der Waals surface area contributed by atoms with Gasteiger partial charge in [0.05, 0.1) is 5.69 Å². The molecule has 2 aliphatic heterocycles. The largest absolute Gasteiger partial charge is 0.478 e. The van der Waals surface area contributed by atoms with E-state index in [1.54, 1.807) is 12.1 Å². The van der Waals surface area contributed by atoms with E-state index >= 15 is 0 Å². The lowest BCUT2D eigenvalue weighted by Crippen LogP contribution is -2.52. The molecule has 0 amide bonds. The van der Waals surface area contributed by atoms with Gasteiger partial charge >= 0.3 is 11.9 Å². The third kappa shape index (κ3) is 7.38. The molecule has 0 radical (unpaired) electrons. The molecule has 0 atom stereocenters. The number of benzene rings is 2. The first-order valence-electron chi connectivity index (χ1n) is 13.2. The minimum atomic E-state index is -1.26. The molecule has 3 aliphatic rings. The maximum Gasteiger partial charge on any atom is 0.328 e. The quantitative estimate of drug-likeness (QED) is 0.542. The van der Waals surface area contributed by atoms with Crippen molar-refractivity contribution in [3.8, 4) is 0 Å². The number of carboxylic acid groups (broad SMARTS) is 2. The van der Waals surface area contributed by atoms with Crippen molar-refractivity contribution in [1.82, 2.24) is 9.80 Å². The summed E-state index contributed by atoms with van der Waals surface area (Å²) in [5.74, 6) is -1.68. The molecule has 0 bridgehead atoms. The molecule has 2 aromatic rings. The van der Waals surface area contributed by atoms with Crippen LogP contribution in [0.25, 0.3) is 5.57 Å². The van der Waals surface area contributed by atoms with Crippen LogP contribution < -0.4 is 0 Å². The Hall–Kier alpha value is -3.78. The Morgan fingerprint density at radius 2 is 1.50 bits per heavy atom. The minimum Gasteiger partial charge on any atom is -0.478 e. The first-order valence-corrected chi connectivity index (χ1v) is 13.2. The number of nitrogens with zero attached hydrogens (tertiary/aromatic N) is 3. The zero-order valence-corrected chi connectivity index (χ0v) is 21.4. The van der Waals surface area contributed by atoms with Gasteiger partial charge in [0.2, 0.25) is 0 Å². The van der Waals surface area contributed by atoms with Crippen molar-refractivity contribution in [3.05, 3.63) is 83.7 Å². The van der Waals surface area contributed by atoms with Gasteiger partial charge in [-0.15, -0.1) is 0 Å². The molecule has 2 aromatic carbocycles. The van der Waals surface area contributed by atoms with Gasteiger partial charge < -0.3 is 15.1 Å². The van der Waals surface area contributed by atoms with Crippen molar-refractivity contribution in [2.24, 2.45) is 4.99 Å². The Balaban J connectivity index is 0.000000368. The summed E-state index contributed by atoms with van der Waals surface area (Å²) >= 11 is 0. The van der Waals surface area contributed by atoms with E-state index < -0.39 is 11.9 Å². The number of hydrogen-bond acceptors (Lipinski definition) is 5. The minimum absolute atomic E-state index is 0.198. The van der Waals surface area contributed by atoms with Crippen molar-refractivity contribution < 1.29 is 24.2 Å². The second-order valence-corrected chi connectivity index (χ2v) is 9.72. The highest BCUT2D eigenvalue weighted by molar-refractivity contribution is 6.23. The Bertz CT molecular complexity index is 1190. The third-order valence-electron chi connectivity index (χ3n) is 7.21. The first-order chi connectivity index (χ1) is 18.4. The van der Waals surface area contributed by atoms with Crippen LogP contribution in [0, 0.1) is 5.82 Å². The number of carbonyl (C=O) groups is 2. The van der Waals surface area contributed by atoms with Gasteiger partial charge in [-0.3, -0.25) is 4.90 Å². The van der Waals surface area contributed by atoms with E-state index in [2.05, 4.69) is 40.1 Å². The van der Waals surface area contributed by atoms with Gasteiger partial charge in [0.1, 0.15) is 11.7 Å². The molecule has 1 saturated heterocycles. The smallest absolute Gasteiger partial charge is 0.328 e. The van der Waals surface area contributed by atoms with E-state index in [1.807, 2.05) is 12.1 Å². The average molecular weight is 520 g/mol. The monoisotopic (exact) mass is 519 g/mol. The average Bonchev–Trinajstić information content (AvgIpc) is 3.13. The lowest BCUT2D eigenvalue weighted by molar-refractivity contribution is -0.134. The van der Waals surface area contributed by atoms with Crippen LogP contribution in [0.5, 0.6) is 0 Å². The number of aliphatic carboxylic acids is 2. The number of halogens is 1. The molecular formula is C30H34FN3O4.